The van der Waals surface area contributed by atoms with Crippen molar-refractivity contribution in [2.24, 2.45) is 0 Å². The molecule has 26 heavy (non-hydrogen) atoms. The number of aromatic nitrogens is 1. The van der Waals surface area contributed by atoms with Gasteiger partial charge in [0.25, 0.3) is 5.91 Å². The molecule has 0 radical (unpaired) electrons. The summed E-state index contributed by atoms with van der Waals surface area (Å²) < 4.78 is 5.99. The summed E-state index contributed by atoms with van der Waals surface area (Å²) in [5.74, 6) is -0.998. The Kier molecular flexibility index (Phi) is 5.63. The van der Waals surface area contributed by atoms with Gasteiger partial charge in [-0.3, -0.25) is 4.79 Å². The summed E-state index contributed by atoms with van der Waals surface area (Å²) in [5, 5.41) is 3.74. The Morgan fingerprint density at radius 1 is 1.08 bits per heavy atom. The molecule has 1 atom stereocenters. The van der Waals surface area contributed by atoms with Crippen LogP contribution >= 0.6 is 15.9 Å². The van der Waals surface area contributed by atoms with Crippen LogP contribution in [0.1, 0.15) is 29.0 Å². The first kappa shape index (κ1) is 18.1. The number of nitrogens with one attached hydrogen (secondary N) is 1. The summed E-state index contributed by atoms with van der Waals surface area (Å²) >= 11 is 3.45. The highest BCUT2D eigenvalue weighted by atomic mass is 79.9. The summed E-state index contributed by atoms with van der Waals surface area (Å²) in [5.41, 5.74) is 1.83. The zero-order valence-electron chi connectivity index (χ0n) is 14.1. The summed E-state index contributed by atoms with van der Waals surface area (Å²) in [6.07, 6.45) is 0. The number of nitrogens with zero attached hydrogens (tertiary/aromatic N) is 1. The fraction of sp³-hybridized carbons (Fsp3) is 0.150. The number of amides is 1. The lowest BCUT2D eigenvalue weighted by Crippen LogP contribution is -2.31. The minimum atomic E-state index is -0.626. The van der Waals surface area contributed by atoms with Crippen molar-refractivity contribution in [1.29, 1.82) is 0 Å². The topological polar surface area (TPSA) is 68.3 Å². The van der Waals surface area contributed by atoms with E-state index in [9.17, 15) is 9.59 Å². The van der Waals surface area contributed by atoms with Crippen LogP contribution in [0.3, 0.4) is 0 Å². The van der Waals surface area contributed by atoms with Crippen LogP contribution in [0, 0.1) is 0 Å². The van der Waals surface area contributed by atoms with E-state index in [0.29, 0.717) is 5.52 Å². The molecule has 0 aliphatic rings. The molecule has 2 aromatic carbocycles. The molecule has 1 aromatic heterocycles. The highest BCUT2D eigenvalue weighted by molar-refractivity contribution is 9.10. The number of benzene rings is 2. The maximum atomic E-state index is 12.1. The molecular weight excluding hydrogens is 396 g/mol. The third kappa shape index (κ3) is 4.26. The molecule has 0 bridgehead atoms. The number of rotatable bonds is 5. The van der Waals surface area contributed by atoms with Crippen molar-refractivity contribution >= 4 is 38.7 Å². The first-order valence-electron chi connectivity index (χ1n) is 8.11. The number of halogens is 1. The molecule has 0 spiro atoms. The lowest BCUT2D eigenvalue weighted by atomic mass is 10.1. The van der Waals surface area contributed by atoms with Crippen LogP contribution in [0.25, 0.3) is 10.9 Å². The second kappa shape index (κ2) is 8.10. The first-order valence-corrected chi connectivity index (χ1v) is 8.90. The Labute approximate surface area is 159 Å². The monoisotopic (exact) mass is 412 g/mol. The van der Waals surface area contributed by atoms with Crippen LogP contribution in [-0.2, 0) is 9.53 Å². The van der Waals surface area contributed by atoms with Crippen molar-refractivity contribution < 1.29 is 14.3 Å². The number of hydrogen-bond acceptors (Lipinski definition) is 4. The lowest BCUT2D eigenvalue weighted by Gasteiger charge is -2.15. The van der Waals surface area contributed by atoms with E-state index >= 15 is 0 Å². The van der Waals surface area contributed by atoms with Gasteiger partial charge in [0.15, 0.2) is 6.61 Å². The van der Waals surface area contributed by atoms with Gasteiger partial charge in [0.05, 0.1) is 11.6 Å². The lowest BCUT2D eigenvalue weighted by molar-refractivity contribution is -0.124. The van der Waals surface area contributed by atoms with Crippen LogP contribution in [0.5, 0.6) is 0 Å². The van der Waals surface area contributed by atoms with Crippen molar-refractivity contribution in [3.63, 3.8) is 0 Å². The Morgan fingerprint density at radius 2 is 1.81 bits per heavy atom. The molecule has 0 saturated heterocycles. The van der Waals surface area contributed by atoms with Crippen LogP contribution in [0.4, 0.5) is 0 Å². The predicted molar refractivity (Wildman–Crippen MR) is 103 cm³/mol. The summed E-state index contributed by atoms with van der Waals surface area (Å²) in [4.78, 5) is 28.5. The van der Waals surface area contributed by atoms with Gasteiger partial charge in [0.2, 0.25) is 0 Å². The molecule has 0 unspecified atom stereocenters. The normalized spacial score (nSPS) is 11.8. The molecule has 132 valence electrons. The third-order valence-corrected chi connectivity index (χ3v) is 4.61. The standard InChI is InChI=1S/C20H17BrN2O3/c1-13(15-7-3-4-8-16(15)21)22-19(24)12-26-20(25)18-11-10-14-6-2-5-9-17(14)23-18/h2-11,13H,12H2,1H3,(H,22,24)/t13-/m1/s1. The van der Waals surface area contributed by atoms with E-state index in [1.54, 1.807) is 12.1 Å². The van der Waals surface area contributed by atoms with Crippen LogP contribution in [0.2, 0.25) is 0 Å². The van der Waals surface area contributed by atoms with E-state index in [-0.39, 0.29) is 24.2 Å². The van der Waals surface area contributed by atoms with E-state index in [1.165, 1.54) is 0 Å². The van der Waals surface area contributed by atoms with Crippen molar-refractivity contribution in [1.82, 2.24) is 10.3 Å². The number of pyridine rings is 1. The fourth-order valence-electron chi connectivity index (χ4n) is 2.57. The van der Waals surface area contributed by atoms with Gasteiger partial charge in [-0.25, -0.2) is 9.78 Å². The Bertz CT molecular complexity index is 958. The number of ether oxygens (including phenoxy) is 1. The molecule has 5 nitrogen and oxygen atoms in total. The maximum Gasteiger partial charge on any atom is 0.357 e. The van der Waals surface area contributed by atoms with Gasteiger partial charge in [-0.15, -0.1) is 0 Å². The summed E-state index contributed by atoms with van der Waals surface area (Å²) in [7, 11) is 0. The van der Waals surface area contributed by atoms with Crippen molar-refractivity contribution in [2.75, 3.05) is 6.61 Å². The largest absolute Gasteiger partial charge is 0.451 e. The molecular formula is C20H17BrN2O3. The molecule has 0 saturated carbocycles. The molecule has 6 heteroatoms. The van der Waals surface area contributed by atoms with Gasteiger partial charge in [-0.1, -0.05) is 58.4 Å². The maximum absolute atomic E-state index is 12.1. The molecule has 3 aromatic rings. The zero-order valence-corrected chi connectivity index (χ0v) is 15.7. The molecule has 1 amide bonds. The van der Waals surface area contributed by atoms with Crippen molar-refractivity contribution in [3.8, 4) is 0 Å². The molecule has 3 rings (SSSR count). The summed E-state index contributed by atoms with van der Waals surface area (Å²) in [6.45, 7) is 1.51. The van der Waals surface area contributed by atoms with Gasteiger partial charge in [0.1, 0.15) is 5.69 Å². The van der Waals surface area contributed by atoms with Crippen molar-refractivity contribution in [2.45, 2.75) is 13.0 Å². The number of fused-ring (bicyclic) bond motifs is 1. The second-order valence-corrected chi connectivity index (χ2v) is 6.63. The Balaban J connectivity index is 1.58. The van der Waals surface area contributed by atoms with E-state index in [2.05, 4.69) is 26.2 Å². The van der Waals surface area contributed by atoms with E-state index < -0.39 is 5.97 Å². The van der Waals surface area contributed by atoms with Gasteiger partial charge < -0.3 is 10.1 Å². The minimum absolute atomic E-state index is 0.176. The Morgan fingerprint density at radius 3 is 2.62 bits per heavy atom. The molecule has 0 aliphatic carbocycles. The number of esters is 1. The molecule has 1 N–H and O–H groups in total. The highest BCUT2D eigenvalue weighted by Gasteiger charge is 2.15. The van der Waals surface area contributed by atoms with Crippen molar-refractivity contribution in [3.05, 3.63) is 76.4 Å². The Hall–Kier alpha value is -2.73. The van der Waals surface area contributed by atoms with Crippen LogP contribution in [-0.4, -0.2) is 23.5 Å². The fourth-order valence-corrected chi connectivity index (χ4v) is 3.20. The van der Waals surface area contributed by atoms with Gasteiger partial charge in [-0.05, 0) is 30.7 Å². The quantitative estimate of drug-likeness (QED) is 0.642. The van der Waals surface area contributed by atoms with Gasteiger partial charge >= 0.3 is 5.97 Å². The first-order chi connectivity index (χ1) is 12.5. The third-order valence-electron chi connectivity index (χ3n) is 3.89. The predicted octanol–water partition coefficient (Wildman–Crippen LogP) is 4.03. The number of carbonyl (C=O) groups excluding carboxylic acids is 2. The summed E-state index contributed by atoms with van der Waals surface area (Å²) in [6, 6.07) is 18.3. The van der Waals surface area contributed by atoms with Gasteiger partial charge in [-0.2, -0.15) is 0 Å². The zero-order chi connectivity index (χ0) is 18.5. The van der Waals surface area contributed by atoms with E-state index in [0.717, 1.165) is 15.4 Å². The molecule has 0 fully saturated rings. The number of para-hydroxylation sites is 1. The van der Waals surface area contributed by atoms with Gasteiger partial charge in [0, 0.05) is 9.86 Å². The van der Waals surface area contributed by atoms with E-state index in [4.69, 9.17) is 4.74 Å². The SMILES string of the molecule is C[C@@H](NC(=O)COC(=O)c1ccc2ccccc2n1)c1ccccc1Br. The second-order valence-electron chi connectivity index (χ2n) is 5.78. The molecule has 0 aliphatic heterocycles. The van der Waals surface area contributed by atoms with Crippen LogP contribution in [0.15, 0.2) is 65.1 Å². The average Bonchev–Trinajstić information content (AvgIpc) is 2.66. The number of carbonyl (C=O) groups is 2. The highest BCUT2D eigenvalue weighted by Crippen LogP contribution is 2.22. The van der Waals surface area contributed by atoms with E-state index in [1.807, 2.05) is 55.5 Å². The smallest absolute Gasteiger partial charge is 0.357 e. The van der Waals surface area contributed by atoms with Crippen LogP contribution < -0.4 is 5.32 Å². The average molecular weight is 413 g/mol. The minimum Gasteiger partial charge on any atom is -0.451 e. The molecule has 1 heterocycles. The number of hydrogen-bond donors (Lipinski definition) is 1.